The predicted molar refractivity (Wildman–Crippen MR) is 101 cm³/mol. The Bertz CT molecular complexity index is 1100. The van der Waals surface area contributed by atoms with Crippen LogP contribution >= 0.6 is 23.1 Å². The number of hydrogen-bond donors (Lipinski definition) is 2. The van der Waals surface area contributed by atoms with Gasteiger partial charge in [-0.3, -0.25) is 9.39 Å². The Morgan fingerprint density at radius 1 is 1.27 bits per heavy atom. The number of aromatic nitrogens is 2. The zero-order chi connectivity index (χ0) is 18.3. The molecule has 0 saturated heterocycles. The third-order valence-corrected chi connectivity index (χ3v) is 6.17. The minimum absolute atomic E-state index is 0.0394. The third kappa shape index (κ3) is 2.99. The summed E-state index contributed by atoms with van der Waals surface area (Å²) >= 11 is 2.84. The molecule has 0 aliphatic carbocycles. The second-order valence-corrected chi connectivity index (χ2v) is 7.83. The smallest absolute Gasteiger partial charge is 0.351 e. The molecule has 1 unspecified atom stereocenters. The summed E-state index contributed by atoms with van der Waals surface area (Å²) in [6, 6.07) is 5.87. The van der Waals surface area contributed by atoms with E-state index in [0.29, 0.717) is 6.42 Å². The highest BCUT2D eigenvalue weighted by Gasteiger charge is 2.26. The van der Waals surface area contributed by atoms with Crippen molar-refractivity contribution in [3.8, 4) is 0 Å². The van der Waals surface area contributed by atoms with Crippen LogP contribution in [-0.2, 0) is 16.0 Å². The van der Waals surface area contributed by atoms with Crippen LogP contribution in [0.3, 0.4) is 0 Å². The van der Waals surface area contributed by atoms with E-state index >= 15 is 0 Å². The molecule has 7 nitrogen and oxygen atoms in total. The lowest BCUT2D eigenvalue weighted by Gasteiger charge is -2.15. The third-order valence-electron chi connectivity index (χ3n) is 4.15. The molecule has 3 heterocycles. The molecule has 0 spiro atoms. The Labute approximate surface area is 155 Å². The molecule has 0 fully saturated rings. The van der Waals surface area contributed by atoms with Crippen LogP contribution in [-0.4, -0.2) is 48.3 Å². The van der Waals surface area contributed by atoms with Gasteiger partial charge in [0.25, 0.3) is 0 Å². The highest BCUT2D eigenvalue weighted by atomic mass is 32.2. The standard InChI is InChI=1S/C17H13N3O4S2/c21-15(22)10-7-18-12(16(23)24)8-26-14(10)6-9-1-2-11-13(5-9)20-3-4-25-17(20)19-11/h1-5,7,14H,6,8H2,(H,21,22)(H,23,24). The first-order valence-electron chi connectivity index (χ1n) is 7.72. The van der Waals surface area contributed by atoms with E-state index in [-0.39, 0.29) is 22.3 Å². The lowest BCUT2D eigenvalue weighted by Crippen LogP contribution is -2.19. The Balaban J connectivity index is 1.66. The van der Waals surface area contributed by atoms with Gasteiger partial charge in [-0.05, 0) is 24.1 Å². The molecule has 2 aromatic heterocycles. The van der Waals surface area contributed by atoms with Gasteiger partial charge in [-0.25, -0.2) is 14.6 Å². The summed E-state index contributed by atoms with van der Waals surface area (Å²) in [6.45, 7) is 0. The Hall–Kier alpha value is -2.65. The number of carboxylic acid groups (broad SMARTS) is 2. The fourth-order valence-corrected chi connectivity index (χ4v) is 4.79. The number of hydrogen-bond acceptors (Lipinski definition) is 6. The normalized spacial score (nSPS) is 17.8. The summed E-state index contributed by atoms with van der Waals surface area (Å²) in [5.41, 5.74) is 2.90. The van der Waals surface area contributed by atoms with Gasteiger partial charge >= 0.3 is 11.9 Å². The maximum atomic E-state index is 11.6. The fourth-order valence-electron chi connectivity index (χ4n) is 2.85. The van der Waals surface area contributed by atoms with Crippen LogP contribution in [0, 0.1) is 0 Å². The number of benzene rings is 1. The minimum atomic E-state index is -1.13. The summed E-state index contributed by atoms with van der Waals surface area (Å²) < 4.78 is 2.00. The van der Waals surface area contributed by atoms with E-state index < -0.39 is 11.9 Å². The van der Waals surface area contributed by atoms with Gasteiger partial charge in [0.1, 0.15) is 5.71 Å². The number of rotatable bonds is 4. The highest BCUT2D eigenvalue weighted by Crippen LogP contribution is 2.28. The van der Waals surface area contributed by atoms with Gasteiger partial charge in [0.05, 0.1) is 16.6 Å². The van der Waals surface area contributed by atoms with Crippen LogP contribution in [0.25, 0.3) is 16.0 Å². The number of fused-ring (bicyclic) bond motifs is 3. The molecule has 0 saturated carbocycles. The molecule has 3 aromatic rings. The molecule has 132 valence electrons. The second kappa shape index (κ2) is 6.58. The van der Waals surface area contributed by atoms with Crippen molar-refractivity contribution in [2.45, 2.75) is 11.7 Å². The molecule has 1 aliphatic heterocycles. The molecule has 0 amide bonds. The largest absolute Gasteiger partial charge is 0.478 e. The molecule has 4 rings (SSSR count). The summed E-state index contributed by atoms with van der Waals surface area (Å²) in [5, 5.41) is 20.2. The average molecular weight is 387 g/mol. The zero-order valence-corrected chi connectivity index (χ0v) is 15.0. The number of imidazole rings is 1. The molecule has 0 bridgehead atoms. The van der Waals surface area contributed by atoms with Crippen molar-refractivity contribution >= 4 is 56.7 Å². The zero-order valence-electron chi connectivity index (χ0n) is 13.3. The molecule has 26 heavy (non-hydrogen) atoms. The monoisotopic (exact) mass is 387 g/mol. The average Bonchev–Trinajstić information content (AvgIpc) is 3.10. The van der Waals surface area contributed by atoms with E-state index in [1.807, 2.05) is 34.2 Å². The van der Waals surface area contributed by atoms with Gasteiger partial charge in [-0.15, -0.1) is 23.1 Å². The van der Waals surface area contributed by atoms with E-state index in [2.05, 4.69) is 9.98 Å². The van der Waals surface area contributed by atoms with Crippen LogP contribution < -0.4 is 0 Å². The first kappa shape index (κ1) is 16.8. The van der Waals surface area contributed by atoms with Crippen molar-refractivity contribution in [2.75, 3.05) is 5.75 Å². The van der Waals surface area contributed by atoms with Crippen LogP contribution in [0.1, 0.15) is 5.56 Å². The molecule has 1 aromatic carbocycles. The number of nitrogens with zero attached hydrogens (tertiary/aromatic N) is 3. The van der Waals surface area contributed by atoms with E-state index in [4.69, 9.17) is 5.11 Å². The summed E-state index contributed by atoms with van der Waals surface area (Å²) in [7, 11) is 0. The Morgan fingerprint density at radius 3 is 2.88 bits per heavy atom. The van der Waals surface area contributed by atoms with Crippen LogP contribution in [0.2, 0.25) is 0 Å². The maximum absolute atomic E-state index is 11.6. The van der Waals surface area contributed by atoms with Gasteiger partial charge in [0, 0.05) is 28.8 Å². The number of carboxylic acids is 2. The number of carbonyl (C=O) groups is 2. The Morgan fingerprint density at radius 2 is 2.12 bits per heavy atom. The number of aliphatic imine (C=N–C) groups is 1. The first-order valence-corrected chi connectivity index (χ1v) is 9.65. The SMILES string of the molecule is O=C(O)C1=CN=C(C(=O)O)CSC1Cc1ccc2nc3sccn3c2c1. The molecule has 9 heteroatoms. The number of thiazole rings is 1. The quantitative estimate of drug-likeness (QED) is 0.713. The summed E-state index contributed by atoms with van der Waals surface area (Å²) in [4.78, 5) is 32.0. The van der Waals surface area contributed by atoms with Gasteiger partial charge in [0.15, 0.2) is 4.96 Å². The number of aliphatic carboxylic acids is 2. The Kier molecular flexibility index (Phi) is 4.25. The lowest BCUT2D eigenvalue weighted by molar-refractivity contribution is -0.133. The van der Waals surface area contributed by atoms with Gasteiger partial charge in [0.2, 0.25) is 0 Å². The van der Waals surface area contributed by atoms with Crippen molar-refractivity contribution in [1.82, 2.24) is 9.38 Å². The van der Waals surface area contributed by atoms with Crippen molar-refractivity contribution in [1.29, 1.82) is 0 Å². The first-order chi connectivity index (χ1) is 12.5. The van der Waals surface area contributed by atoms with Crippen molar-refractivity contribution < 1.29 is 19.8 Å². The van der Waals surface area contributed by atoms with Crippen LogP contribution in [0.4, 0.5) is 0 Å². The summed E-state index contributed by atoms with van der Waals surface area (Å²) in [5.74, 6) is -2.04. The molecule has 1 aliphatic rings. The highest BCUT2D eigenvalue weighted by molar-refractivity contribution is 8.00. The van der Waals surface area contributed by atoms with Crippen molar-refractivity contribution in [3.05, 3.63) is 47.1 Å². The summed E-state index contributed by atoms with van der Waals surface area (Å²) in [6.07, 6.45) is 3.60. The van der Waals surface area contributed by atoms with Gasteiger partial charge in [-0.1, -0.05) is 6.07 Å². The molecule has 0 radical (unpaired) electrons. The molecular formula is C17H13N3O4S2. The van der Waals surface area contributed by atoms with E-state index in [1.54, 1.807) is 11.3 Å². The molecule has 1 atom stereocenters. The van der Waals surface area contributed by atoms with E-state index in [9.17, 15) is 14.7 Å². The van der Waals surface area contributed by atoms with Crippen LogP contribution in [0.5, 0.6) is 0 Å². The maximum Gasteiger partial charge on any atom is 0.351 e. The fraction of sp³-hybridized carbons (Fsp3) is 0.176. The van der Waals surface area contributed by atoms with Crippen molar-refractivity contribution in [3.63, 3.8) is 0 Å². The van der Waals surface area contributed by atoms with Crippen molar-refractivity contribution in [2.24, 2.45) is 4.99 Å². The number of thioether (sulfide) groups is 1. The lowest BCUT2D eigenvalue weighted by atomic mass is 10.0. The minimum Gasteiger partial charge on any atom is -0.478 e. The second-order valence-electron chi connectivity index (χ2n) is 5.76. The molecular weight excluding hydrogens is 374 g/mol. The van der Waals surface area contributed by atoms with Gasteiger partial charge < -0.3 is 10.2 Å². The van der Waals surface area contributed by atoms with Crippen LogP contribution in [0.15, 0.2) is 46.5 Å². The topological polar surface area (TPSA) is 104 Å². The van der Waals surface area contributed by atoms with E-state index in [0.717, 1.165) is 21.6 Å². The van der Waals surface area contributed by atoms with Gasteiger partial charge in [-0.2, -0.15) is 0 Å². The van der Waals surface area contributed by atoms with E-state index in [1.165, 1.54) is 18.0 Å². The molecule has 2 N–H and O–H groups in total. The predicted octanol–water partition coefficient (Wildman–Crippen LogP) is 2.70.